The highest BCUT2D eigenvalue weighted by molar-refractivity contribution is 5.87. The molecule has 1 aliphatic rings. The molecule has 1 aliphatic carbocycles. The molecule has 6 heteroatoms. The van der Waals surface area contributed by atoms with Crippen LogP contribution in [0.15, 0.2) is 24.4 Å². The number of aromatic nitrogens is 1. The molecule has 1 aromatic rings. The molecule has 1 unspecified atom stereocenters. The van der Waals surface area contributed by atoms with Crippen molar-refractivity contribution >= 4 is 12.1 Å². The Morgan fingerprint density at radius 3 is 2.62 bits per heavy atom. The van der Waals surface area contributed by atoms with Crippen molar-refractivity contribution in [1.29, 1.82) is 0 Å². The molecule has 0 aliphatic heterocycles. The molecule has 1 saturated carbocycles. The van der Waals surface area contributed by atoms with E-state index in [-0.39, 0.29) is 11.8 Å². The van der Waals surface area contributed by atoms with Gasteiger partial charge in [0.1, 0.15) is 11.8 Å². The van der Waals surface area contributed by atoms with Crippen LogP contribution in [0.3, 0.4) is 0 Å². The van der Waals surface area contributed by atoms with Crippen LogP contribution >= 0.6 is 0 Å². The van der Waals surface area contributed by atoms with Crippen LogP contribution in [0.25, 0.3) is 0 Å². The van der Waals surface area contributed by atoms with E-state index in [4.69, 9.17) is 14.2 Å². The van der Waals surface area contributed by atoms with E-state index < -0.39 is 18.4 Å². The molecule has 6 nitrogen and oxygen atoms in total. The molecule has 0 radical (unpaired) electrons. The van der Waals surface area contributed by atoms with Gasteiger partial charge in [-0.1, -0.05) is 12.5 Å². The first kappa shape index (κ1) is 15.3. The highest BCUT2D eigenvalue weighted by atomic mass is 16.8. The number of esters is 1. The van der Waals surface area contributed by atoms with Crippen LogP contribution in [0.2, 0.25) is 0 Å². The summed E-state index contributed by atoms with van der Waals surface area (Å²) in [6.07, 6.45) is 4.58. The molecule has 0 aromatic carbocycles. The van der Waals surface area contributed by atoms with E-state index in [1.54, 1.807) is 12.1 Å². The van der Waals surface area contributed by atoms with Gasteiger partial charge in [0.2, 0.25) is 6.29 Å². The number of hydrogen-bond acceptors (Lipinski definition) is 6. The number of carbonyl (C=O) groups is 2. The molecule has 2 rings (SSSR count). The third-order valence-electron chi connectivity index (χ3n) is 3.22. The maximum Gasteiger partial charge on any atom is 0.511 e. The maximum atomic E-state index is 11.7. The van der Waals surface area contributed by atoms with Crippen molar-refractivity contribution in [2.45, 2.75) is 51.4 Å². The first-order chi connectivity index (χ1) is 10.1. The third-order valence-corrected chi connectivity index (χ3v) is 3.22. The zero-order valence-electron chi connectivity index (χ0n) is 12.0. The van der Waals surface area contributed by atoms with Crippen LogP contribution in [-0.2, 0) is 14.2 Å². The van der Waals surface area contributed by atoms with E-state index in [0.717, 1.165) is 25.7 Å². The Balaban J connectivity index is 1.74. The smallest absolute Gasteiger partial charge is 0.431 e. The summed E-state index contributed by atoms with van der Waals surface area (Å²) in [4.78, 5) is 27.2. The van der Waals surface area contributed by atoms with Crippen LogP contribution < -0.4 is 0 Å². The average Bonchev–Trinajstić information content (AvgIpc) is 2.48. The van der Waals surface area contributed by atoms with Crippen molar-refractivity contribution in [1.82, 2.24) is 4.98 Å². The number of pyridine rings is 1. The molecule has 21 heavy (non-hydrogen) atoms. The van der Waals surface area contributed by atoms with Gasteiger partial charge in [0.25, 0.3) is 0 Å². The standard InChI is InChI=1S/C15H19NO5/c1-11(19-14(17)13-9-5-6-10-16-13)20-15(18)21-12-7-3-2-4-8-12/h5-6,9-12H,2-4,7-8H2,1H3. The summed E-state index contributed by atoms with van der Waals surface area (Å²) >= 11 is 0. The van der Waals surface area contributed by atoms with Gasteiger partial charge in [-0.25, -0.2) is 14.6 Å². The van der Waals surface area contributed by atoms with Gasteiger partial charge in [0.15, 0.2) is 0 Å². The Labute approximate surface area is 123 Å². The van der Waals surface area contributed by atoms with Crippen LogP contribution in [0, 0.1) is 0 Å². The minimum absolute atomic E-state index is 0.0926. The van der Waals surface area contributed by atoms with Gasteiger partial charge < -0.3 is 14.2 Å². The Bertz CT molecular complexity index is 470. The molecular weight excluding hydrogens is 274 g/mol. The molecule has 0 N–H and O–H groups in total. The average molecular weight is 293 g/mol. The molecular formula is C15H19NO5. The molecule has 0 bridgehead atoms. The lowest BCUT2D eigenvalue weighted by molar-refractivity contribution is -0.0917. The van der Waals surface area contributed by atoms with Gasteiger partial charge in [0.05, 0.1) is 0 Å². The van der Waals surface area contributed by atoms with E-state index in [1.165, 1.54) is 25.6 Å². The Kier molecular flexibility index (Phi) is 5.54. The number of carbonyl (C=O) groups excluding carboxylic acids is 2. The van der Waals surface area contributed by atoms with Crippen LogP contribution in [0.5, 0.6) is 0 Å². The fourth-order valence-corrected chi connectivity index (χ4v) is 2.20. The second-order valence-electron chi connectivity index (χ2n) is 4.93. The Morgan fingerprint density at radius 1 is 1.19 bits per heavy atom. The van der Waals surface area contributed by atoms with E-state index in [1.807, 2.05) is 0 Å². The number of nitrogens with zero attached hydrogens (tertiary/aromatic N) is 1. The molecule has 0 spiro atoms. The quantitative estimate of drug-likeness (QED) is 0.627. The lowest BCUT2D eigenvalue weighted by Gasteiger charge is -2.22. The normalized spacial score (nSPS) is 16.8. The fraction of sp³-hybridized carbons (Fsp3) is 0.533. The molecule has 1 fully saturated rings. The summed E-state index contributed by atoms with van der Waals surface area (Å²) in [7, 11) is 0. The fourth-order valence-electron chi connectivity index (χ4n) is 2.20. The topological polar surface area (TPSA) is 74.7 Å². The maximum absolute atomic E-state index is 11.7. The summed E-state index contributed by atoms with van der Waals surface area (Å²) in [5, 5.41) is 0. The first-order valence-electron chi connectivity index (χ1n) is 7.14. The highest BCUT2D eigenvalue weighted by Gasteiger charge is 2.21. The lowest BCUT2D eigenvalue weighted by Crippen LogP contribution is -2.26. The minimum atomic E-state index is -1.02. The zero-order valence-corrected chi connectivity index (χ0v) is 12.0. The SMILES string of the molecule is CC(OC(=O)OC1CCCCC1)OC(=O)c1ccccn1. The van der Waals surface area contributed by atoms with Gasteiger partial charge in [-0.3, -0.25) is 0 Å². The monoisotopic (exact) mass is 293 g/mol. The molecule has 1 atom stereocenters. The van der Waals surface area contributed by atoms with E-state index in [2.05, 4.69) is 4.98 Å². The summed E-state index contributed by atoms with van der Waals surface area (Å²) in [5.41, 5.74) is 0.161. The summed E-state index contributed by atoms with van der Waals surface area (Å²) in [6.45, 7) is 1.46. The van der Waals surface area contributed by atoms with Gasteiger partial charge in [-0.2, -0.15) is 0 Å². The molecule has 0 saturated heterocycles. The minimum Gasteiger partial charge on any atom is -0.431 e. The highest BCUT2D eigenvalue weighted by Crippen LogP contribution is 2.20. The van der Waals surface area contributed by atoms with Crippen molar-refractivity contribution in [2.75, 3.05) is 0 Å². The third kappa shape index (κ3) is 5.06. The molecule has 1 heterocycles. The number of hydrogen-bond donors (Lipinski definition) is 0. The van der Waals surface area contributed by atoms with Crippen LogP contribution in [0.4, 0.5) is 4.79 Å². The van der Waals surface area contributed by atoms with Crippen molar-refractivity contribution in [3.8, 4) is 0 Å². The Morgan fingerprint density at radius 2 is 1.95 bits per heavy atom. The molecule has 0 amide bonds. The van der Waals surface area contributed by atoms with Crippen molar-refractivity contribution < 1.29 is 23.8 Å². The second kappa shape index (κ2) is 7.61. The van der Waals surface area contributed by atoms with Gasteiger partial charge in [-0.05, 0) is 37.8 Å². The van der Waals surface area contributed by atoms with Crippen molar-refractivity contribution in [3.05, 3.63) is 30.1 Å². The van der Waals surface area contributed by atoms with Gasteiger partial charge >= 0.3 is 12.1 Å². The molecule has 1 aromatic heterocycles. The zero-order chi connectivity index (χ0) is 15.1. The summed E-state index contributed by atoms with van der Waals surface area (Å²) in [6, 6.07) is 4.89. The van der Waals surface area contributed by atoms with Crippen LogP contribution in [0.1, 0.15) is 49.5 Å². The van der Waals surface area contributed by atoms with Gasteiger partial charge in [0, 0.05) is 13.1 Å². The molecule has 114 valence electrons. The van der Waals surface area contributed by atoms with E-state index in [0.29, 0.717) is 0 Å². The van der Waals surface area contributed by atoms with Gasteiger partial charge in [-0.15, -0.1) is 0 Å². The second-order valence-corrected chi connectivity index (χ2v) is 4.93. The predicted molar refractivity (Wildman–Crippen MR) is 73.6 cm³/mol. The summed E-state index contributed by atoms with van der Waals surface area (Å²) < 4.78 is 15.1. The van der Waals surface area contributed by atoms with Crippen molar-refractivity contribution in [2.24, 2.45) is 0 Å². The summed E-state index contributed by atoms with van der Waals surface area (Å²) in [5.74, 6) is -0.645. The largest absolute Gasteiger partial charge is 0.511 e. The lowest BCUT2D eigenvalue weighted by atomic mass is 9.98. The van der Waals surface area contributed by atoms with E-state index in [9.17, 15) is 9.59 Å². The first-order valence-corrected chi connectivity index (χ1v) is 7.14. The number of ether oxygens (including phenoxy) is 3. The number of rotatable bonds is 4. The Hall–Kier alpha value is -2.11. The van der Waals surface area contributed by atoms with Crippen molar-refractivity contribution in [3.63, 3.8) is 0 Å². The predicted octanol–water partition coefficient (Wildman–Crippen LogP) is 3.07. The van der Waals surface area contributed by atoms with Crippen LogP contribution in [-0.4, -0.2) is 29.5 Å². The van der Waals surface area contributed by atoms with E-state index >= 15 is 0 Å².